The summed E-state index contributed by atoms with van der Waals surface area (Å²) >= 11 is 0. The van der Waals surface area contributed by atoms with Crippen LogP contribution in [0.5, 0.6) is 0 Å². The van der Waals surface area contributed by atoms with Crippen LogP contribution in [0.25, 0.3) is 10.9 Å². The molecular weight excluding hydrogens is 258 g/mol. The molecule has 3 heteroatoms. The van der Waals surface area contributed by atoms with E-state index < -0.39 is 0 Å². The van der Waals surface area contributed by atoms with Gasteiger partial charge < -0.3 is 10.6 Å². The lowest BCUT2D eigenvalue weighted by molar-refractivity contribution is 0.879. The van der Waals surface area contributed by atoms with Gasteiger partial charge in [-0.05, 0) is 23.3 Å². The summed E-state index contributed by atoms with van der Waals surface area (Å²) in [4.78, 5) is 7.03. The Balaban J connectivity index is 1.84. The van der Waals surface area contributed by atoms with E-state index in [4.69, 9.17) is 5.73 Å². The number of pyridine rings is 1. The highest BCUT2D eigenvalue weighted by Gasteiger charge is 2.20. The molecule has 3 nitrogen and oxygen atoms in total. The Morgan fingerprint density at radius 3 is 2.33 bits per heavy atom. The molecule has 4 rings (SSSR count). The molecule has 2 heterocycles. The molecule has 0 saturated heterocycles. The third-order valence-electron chi connectivity index (χ3n) is 4.14. The van der Waals surface area contributed by atoms with Crippen LogP contribution >= 0.6 is 0 Å². The van der Waals surface area contributed by atoms with Crippen LogP contribution in [0, 0.1) is 0 Å². The van der Waals surface area contributed by atoms with Crippen molar-refractivity contribution in [3.8, 4) is 0 Å². The van der Waals surface area contributed by atoms with Crippen LogP contribution in [0.4, 0.5) is 5.69 Å². The maximum absolute atomic E-state index is 5.81. The summed E-state index contributed by atoms with van der Waals surface area (Å²) in [6, 6.07) is 19.1. The van der Waals surface area contributed by atoms with Crippen molar-refractivity contribution in [3.05, 3.63) is 71.4 Å². The lowest BCUT2D eigenvalue weighted by Gasteiger charge is -2.20. The van der Waals surface area contributed by atoms with Crippen molar-refractivity contribution >= 4 is 16.6 Å². The molecule has 0 saturated carbocycles. The molecule has 0 unspecified atom stereocenters. The van der Waals surface area contributed by atoms with Gasteiger partial charge >= 0.3 is 0 Å². The summed E-state index contributed by atoms with van der Waals surface area (Å²) in [5.74, 6) is 0. The molecule has 0 fully saturated rings. The highest BCUT2D eigenvalue weighted by atomic mass is 15.1. The van der Waals surface area contributed by atoms with Gasteiger partial charge in [0.2, 0.25) is 0 Å². The monoisotopic (exact) mass is 275 g/mol. The van der Waals surface area contributed by atoms with E-state index >= 15 is 0 Å². The van der Waals surface area contributed by atoms with E-state index in [0.29, 0.717) is 6.54 Å². The topological polar surface area (TPSA) is 42.1 Å². The summed E-state index contributed by atoms with van der Waals surface area (Å²) in [5.41, 5.74) is 11.8. The Hall–Kier alpha value is -2.39. The van der Waals surface area contributed by atoms with Gasteiger partial charge in [-0.25, -0.2) is 0 Å². The first-order valence-corrected chi connectivity index (χ1v) is 7.25. The van der Waals surface area contributed by atoms with Crippen LogP contribution in [0.3, 0.4) is 0 Å². The average Bonchev–Trinajstić information content (AvgIpc) is 2.97. The smallest absolute Gasteiger partial charge is 0.0726 e. The lowest BCUT2D eigenvalue weighted by atomic mass is 10.1. The van der Waals surface area contributed by atoms with Crippen molar-refractivity contribution in [3.63, 3.8) is 0 Å². The second-order valence-corrected chi connectivity index (χ2v) is 5.48. The Bertz CT molecular complexity index is 785. The zero-order valence-electron chi connectivity index (χ0n) is 11.8. The van der Waals surface area contributed by atoms with Crippen LogP contribution in [0.2, 0.25) is 0 Å². The fourth-order valence-electron chi connectivity index (χ4n) is 3.08. The first-order valence-electron chi connectivity index (χ1n) is 7.25. The van der Waals surface area contributed by atoms with Gasteiger partial charge in [0.1, 0.15) is 0 Å². The Morgan fingerprint density at radius 2 is 1.62 bits per heavy atom. The average molecular weight is 275 g/mol. The number of anilines is 1. The first-order chi connectivity index (χ1) is 10.3. The number of hydrogen-bond donors (Lipinski definition) is 1. The van der Waals surface area contributed by atoms with Crippen LogP contribution < -0.4 is 10.6 Å². The van der Waals surface area contributed by atoms with Crippen molar-refractivity contribution in [1.29, 1.82) is 0 Å². The minimum atomic E-state index is 0.471. The molecule has 1 aliphatic heterocycles. The third kappa shape index (κ3) is 2.06. The van der Waals surface area contributed by atoms with Gasteiger partial charge in [-0.15, -0.1) is 0 Å². The molecule has 2 aromatic carbocycles. The third-order valence-corrected chi connectivity index (χ3v) is 4.14. The van der Waals surface area contributed by atoms with E-state index in [1.54, 1.807) is 0 Å². The number of benzene rings is 2. The number of rotatable bonds is 2. The largest absolute Gasteiger partial charge is 0.362 e. The minimum Gasteiger partial charge on any atom is -0.362 e. The van der Waals surface area contributed by atoms with Gasteiger partial charge in [0.15, 0.2) is 0 Å². The van der Waals surface area contributed by atoms with Crippen molar-refractivity contribution in [1.82, 2.24) is 4.98 Å². The molecule has 0 amide bonds. The minimum absolute atomic E-state index is 0.471. The summed E-state index contributed by atoms with van der Waals surface area (Å²) in [7, 11) is 0. The van der Waals surface area contributed by atoms with Crippen molar-refractivity contribution in [2.45, 2.75) is 19.6 Å². The van der Waals surface area contributed by atoms with Gasteiger partial charge in [-0.2, -0.15) is 0 Å². The SMILES string of the molecule is NCc1cc(N2Cc3ccccc3C2)c2ccccc2n1. The van der Waals surface area contributed by atoms with Crippen molar-refractivity contribution in [2.75, 3.05) is 4.90 Å². The van der Waals surface area contributed by atoms with Gasteiger partial charge in [-0.3, -0.25) is 4.98 Å². The molecule has 104 valence electrons. The number of hydrogen-bond acceptors (Lipinski definition) is 3. The van der Waals surface area contributed by atoms with E-state index in [1.807, 2.05) is 6.07 Å². The molecule has 2 N–H and O–H groups in total. The fourth-order valence-corrected chi connectivity index (χ4v) is 3.08. The highest BCUT2D eigenvalue weighted by molar-refractivity contribution is 5.92. The van der Waals surface area contributed by atoms with Gasteiger partial charge in [0.25, 0.3) is 0 Å². The Labute approximate surface area is 124 Å². The van der Waals surface area contributed by atoms with Crippen LogP contribution in [0.1, 0.15) is 16.8 Å². The molecule has 0 spiro atoms. The highest BCUT2D eigenvalue weighted by Crippen LogP contribution is 2.33. The molecule has 1 aromatic heterocycles. The number of nitrogens with zero attached hydrogens (tertiary/aromatic N) is 2. The summed E-state index contributed by atoms with van der Waals surface area (Å²) < 4.78 is 0. The van der Waals surface area contributed by atoms with Crippen LogP contribution in [0.15, 0.2) is 54.6 Å². The van der Waals surface area contributed by atoms with E-state index in [1.165, 1.54) is 22.2 Å². The molecule has 21 heavy (non-hydrogen) atoms. The van der Waals surface area contributed by atoms with E-state index in [-0.39, 0.29) is 0 Å². The zero-order chi connectivity index (χ0) is 14.2. The summed E-state index contributed by atoms with van der Waals surface area (Å²) in [5, 5.41) is 1.20. The normalized spacial score (nSPS) is 13.7. The van der Waals surface area contributed by atoms with Crippen LogP contribution in [-0.2, 0) is 19.6 Å². The number of aromatic nitrogens is 1. The van der Waals surface area contributed by atoms with E-state index in [0.717, 1.165) is 24.3 Å². The fraction of sp³-hybridized carbons (Fsp3) is 0.167. The predicted octanol–water partition coefficient (Wildman–Crippen LogP) is 3.21. The number of fused-ring (bicyclic) bond motifs is 2. The van der Waals surface area contributed by atoms with Gasteiger partial charge in [0, 0.05) is 30.7 Å². The van der Waals surface area contributed by atoms with Gasteiger partial charge in [0.05, 0.1) is 11.2 Å². The lowest BCUT2D eigenvalue weighted by Crippen LogP contribution is -2.16. The maximum atomic E-state index is 5.81. The molecule has 1 aliphatic rings. The molecular formula is C18H17N3. The Kier molecular flexibility index (Phi) is 2.86. The van der Waals surface area contributed by atoms with Crippen LogP contribution in [-0.4, -0.2) is 4.98 Å². The second-order valence-electron chi connectivity index (χ2n) is 5.48. The van der Waals surface area contributed by atoms with E-state index in [2.05, 4.69) is 58.4 Å². The molecule has 0 bridgehead atoms. The zero-order valence-corrected chi connectivity index (χ0v) is 11.8. The number of para-hydroxylation sites is 1. The summed E-state index contributed by atoms with van der Waals surface area (Å²) in [6.45, 7) is 2.38. The van der Waals surface area contributed by atoms with Crippen molar-refractivity contribution in [2.24, 2.45) is 5.73 Å². The first kappa shape index (κ1) is 12.4. The molecule has 0 atom stereocenters. The standard InChI is InChI=1S/C18H17N3/c19-10-15-9-18(16-7-3-4-8-17(16)20-15)21-11-13-5-1-2-6-14(13)12-21/h1-9H,10-12,19H2. The Morgan fingerprint density at radius 1 is 0.952 bits per heavy atom. The number of nitrogens with two attached hydrogens (primary N) is 1. The molecule has 0 radical (unpaired) electrons. The summed E-state index contributed by atoms with van der Waals surface area (Å²) in [6.07, 6.45) is 0. The maximum Gasteiger partial charge on any atom is 0.0726 e. The second kappa shape index (κ2) is 4.86. The molecule has 3 aromatic rings. The quantitative estimate of drug-likeness (QED) is 0.781. The molecule has 0 aliphatic carbocycles. The van der Waals surface area contributed by atoms with E-state index in [9.17, 15) is 0 Å². The van der Waals surface area contributed by atoms with Gasteiger partial charge in [-0.1, -0.05) is 42.5 Å². The predicted molar refractivity (Wildman–Crippen MR) is 86.0 cm³/mol. The van der Waals surface area contributed by atoms with Crippen molar-refractivity contribution < 1.29 is 0 Å².